The zero-order chi connectivity index (χ0) is 22.4. The molecular formula is C22H21ClN4O4. The van der Waals surface area contributed by atoms with E-state index in [2.05, 4.69) is 20.5 Å². The van der Waals surface area contributed by atoms with Gasteiger partial charge in [-0.15, -0.1) is 0 Å². The highest BCUT2D eigenvalue weighted by atomic mass is 35.5. The fourth-order valence-corrected chi connectivity index (χ4v) is 3.22. The van der Waals surface area contributed by atoms with Crippen LogP contribution in [0.5, 0.6) is 0 Å². The first-order valence-electron chi connectivity index (χ1n) is 9.42. The number of nitrogens with one attached hydrogen (secondary N) is 2. The maximum atomic E-state index is 12.8. The zero-order valence-electron chi connectivity index (χ0n) is 17.0. The van der Waals surface area contributed by atoms with E-state index in [1.54, 1.807) is 23.7 Å². The van der Waals surface area contributed by atoms with Crippen LogP contribution in [0.4, 0.5) is 5.69 Å². The Morgan fingerprint density at radius 3 is 2.35 bits per heavy atom. The SMILES string of the molecule is COC(=O)CNC(=O)c1ccc(NC(=O)c2c(C)nn(Cc3ccccc3)c2Cl)cc1. The number of halogens is 1. The quantitative estimate of drug-likeness (QED) is 0.550. The van der Waals surface area contributed by atoms with Crippen molar-refractivity contribution in [2.24, 2.45) is 0 Å². The highest BCUT2D eigenvalue weighted by Crippen LogP contribution is 2.22. The summed E-state index contributed by atoms with van der Waals surface area (Å²) in [5.74, 6) is -1.37. The van der Waals surface area contributed by atoms with Gasteiger partial charge < -0.3 is 15.4 Å². The van der Waals surface area contributed by atoms with E-state index >= 15 is 0 Å². The van der Waals surface area contributed by atoms with Gasteiger partial charge in [0.1, 0.15) is 11.7 Å². The van der Waals surface area contributed by atoms with Gasteiger partial charge in [-0.05, 0) is 36.8 Å². The normalized spacial score (nSPS) is 10.4. The number of anilines is 1. The van der Waals surface area contributed by atoms with E-state index in [0.29, 0.717) is 23.5 Å². The summed E-state index contributed by atoms with van der Waals surface area (Å²) in [5, 5.41) is 9.83. The third-order valence-corrected chi connectivity index (χ3v) is 4.88. The minimum Gasteiger partial charge on any atom is -0.468 e. The van der Waals surface area contributed by atoms with Gasteiger partial charge >= 0.3 is 5.97 Å². The molecule has 31 heavy (non-hydrogen) atoms. The van der Waals surface area contributed by atoms with Crippen LogP contribution < -0.4 is 10.6 Å². The van der Waals surface area contributed by atoms with E-state index in [1.807, 2.05) is 30.3 Å². The first-order valence-corrected chi connectivity index (χ1v) is 9.80. The lowest BCUT2D eigenvalue weighted by Gasteiger charge is -2.08. The number of benzene rings is 2. The number of carbonyl (C=O) groups excluding carboxylic acids is 3. The van der Waals surface area contributed by atoms with Crippen LogP contribution in [0.2, 0.25) is 5.15 Å². The smallest absolute Gasteiger partial charge is 0.325 e. The monoisotopic (exact) mass is 440 g/mol. The molecule has 2 aromatic carbocycles. The Balaban J connectivity index is 1.67. The fourth-order valence-electron chi connectivity index (χ4n) is 2.90. The lowest BCUT2D eigenvalue weighted by molar-refractivity contribution is -0.139. The molecule has 0 radical (unpaired) electrons. The molecule has 0 spiro atoms. The van der Waals surface area contributed by atoms with Crippen molar-refractivity contribution < 1.29 is 19.1 Å². The third-order valence-electron chi connectivity index (χ3n) is 4.49. The van der Waals surface area contributed by atoms with E-state index in [1.165, 1.54) is 19.2 Å². The Morgan fingerprint density at radius 1 is 1.03 bits per heavy atom. The van der Waals surface area contributed by atoms with Crippen molar-refractivity contribution in [2.75, 3.05) is 19.0 Å². The van der Waals surface area contributed by atoms with Crippen molar-refractivity contribution in [2.45, 2.75) is 13.5 Å². The minimum atomic E-state index is -0.544. The lowest BCUT2D eigenvalue weighted by Crippen LogP contribution is -2.30. The first kappa shape index (κ1) is 22.0. The molecule has 8 nitrogen and oxygen atoms in total. The number of carbonyl (C=O) groups is 3. The van der Waals surface area contributed by atoms with Gasteiger partial charge in [0.25, 0.3) is 11.8 Å². The molecule has 0 atom stereocenters. The molecule has 0 unspecified atom stereocenters. The average molecular weight is 441 g/mol. The molecule has 0 bridgehead atoms. The molecule has 3 rings (SSSR count). The summed E-state index contributed by atoms with van der Waals surface area (Å²) in [7, 11) is 1.24. The highest BCUT2D eigenvalue weighted by Gasteiger charge is 2.20. The lowest BCUT2D eigenvalue weighted by atomic mass is 10.2. The second-order valence-corrected chi connectivity index (χ2v) is 7.04. The number of nitrogens with zero attached hydrogens (tertiary/aromatic N) is 2. The van der Waals surface area contributed by atoms with Gasteiger partial charge in [0.15, 0.2) is 0 Å². The number of amides is 2. The van der Waals surface area contributed by atoms with Gasteiger partial charge in [-0.25, -0.2) is 4.68 Å². The molecule has 0 aliphatic carbocycles. The molecule has 1 heterocycles. The largest absolute Gasteiger partial charge is 0.468 e. The van der Waals surface area contributed by atoms with Crippen molar-refractivity contribution in [3.63, 3.8) is 0 Å². The number of hydrogen-bond acceptors (Lipinski definition) is 5. The average Bonchev–Trinajstić information content (AvgIpc) is 3.05. The molecule has 0 saturated carbocycles. The van der Waals surface area contributed by atoms with Crippen molar-refractivity contribution >= 4 is 35.1 Å². The summed E-state index contributed by atoms with van der Waals surface area (Å²) in [5.41, 5.74) is 2.64. The van der Waals surface area contributed by atoms with Crippen molar-refractivity contribution in [3.8, 4) is 0 Å². The van der Waals surface area contributed by atoms with Crippen LogP contribution in [-0.4, -0.2) is 41.2 Å². The molecule has 0 aliphatic rings. The molecule has 0 aliphatic heterocycles. The highest BCUT2D eigenvalue weighted by molar-refractivity contribution is 6.33. The van der Waals surface area contributed by atoms with E-state index in [9.17, 15) is 14.4 Å². The summed E-state index contributed by atoms with van der Waals surface area (Å²) in [6.07, 6.45) is 0. The Morgan fingerprint density at radius 2 is 1.71 bits per heavy atom. The molecular weight excluding hydrogens is 420 g/mol. The van der Waals surface area contributed by atoms with Gasteiger partial charge in [0.05, 0.1) is 24.9 Å². The Bertz CT molecular complexity index is 1090. The predicted molar refractivity (Wildman–Crippen MR) is 116 cm³/mol. The summed E-state index contributed by atoms with van der Waals surface area (Å²) in [6.45, 7) is 1.94. The van der Waals surface area contributed by atoms with Gasteiger partial charge in [0, 0.05) is 11.3 Å². The van der Waals surface area contributed by atoms with Gasteiger partial charge in [-0.1, -0.05) is 41.9 Å². The Hall–Kier alpha value is -3.65. The zero-order valence-corrected chi connectivity index (χ0v) is 17.8. The summed E-state index contributed by atoms with van der Waals surface area (Å²) in [4.78, 5) is 35.9. The standard InChI is InChI=1S/C22H21ClN4O4/c1-14-19(20(23)27(26-14)13-15-6-4-3-5-7-15)22(30)25-17-10-8-16(9-11-17)21(29)24-12-18(28)31-2/h3-11H,12-13H2,1-2H3,(H,24,29)(H,25,30). The molecule has 9 heteroatoms. The van der Waals surface area contributed by atoms with Crippen LogP contribution in [0.15, 0.2) is 54.6 Å². The van der Waals surface area contributed by atoms with Gasteiger partial charge in [0.2, 0.25) is 0 Å². The van der Waals surface area contributed by atoms with Crippen LogP contribution in [-0.2, 0) is 16.1 Å². The maximum absolute atomic E-state index is 12.8. The topological polar surface area (TPSA) is 102 Å². The van der Waals surface area contributed by atoms with Crippen LogP contribution in [0.3, 0.4) is 0 Å². The number of ether oxygens (including phenoxy) is 1. The van der Waals surface area contributed by atoms with Crippen molar-refractivity contribution in [1.82, 2.24) is 15.1 Å². The number of esters is 1. The van der Waals surface area contributed by atoms with Crippen molar-refractivity contribution in [3.05, 3.63) is 82.1 Å². The second kappa shape index (κ2) is 9.90. The molecule has 2 amide bonds. The second-order valence-electron chi connectivity index (χ2n) is 6.68. The van der Waals surface area contributed by atoms with E-state index in [0.717, 1.165) is 5.56 Å². The first-order chi connectivity index (χ1) is 14.9. The minimum absolute atomic E-state index is 0.224. The van der Waals surface area contributed by atoms with Crippen LogP contribution in [0.25, 0.3) is 0 Å². The molecule has 2 N–H and O–H groups in total. The molecule has 0 saturated heterocycles. The number of rotatable bonds is 7. The molecule has 160 valence electrons. The fraction of sp³-hybridized carbons (Fsp3) is 0.182. The maximum Gasteiger partial charge on any atom is 0.325 e. The number of aromatic nitrogens is 2. The number of hydrogen-bond donors (Lipinski definition) is 2. The van der Waals surface area contributed by atoms with Crippen LogP contribution >= 0.6 is 11.6 Å². The Labute approximate surface area is 184 Å². The Kier molecular flexibility index (Phi) is 7.04. The predicted octanol–water partition coefficient (Wildman–Crippen LogP) is 3.05. The van der Waals surface area contributed by atoms with E-state index < -0.39 is 17.8 Å². The summed E-state index contributed by atoms with van der Waals surface area (Å²) < 4.78 is 6.06. The van der Waals surface area contributed by atoms with Crippen molar-refractivity contribution in [1.29, 1.82) is 0 Å². The van der Waals surface area contributed by atoms with Gasteiger partial charge in [-0.2, -0.15) is 5.10 Å². The van der Waals surface area contributed by atoms with Gasteiger partial charge in [-0.3, -0.25) is 14.4 Å². The third kappa shape index (κ3) is 5.49. The van der Waals surface area contributed by atoms with Crippen LogP contribution in [0, 0.1) is 6.92 Å². The summed E-state index contributed by atoms with van der Waals surface area (Å²) in [6, 6.07) is 15.9. The molecule has 3 aromatic rings. The molecule has 0 fully saturated rings. The van der Waals surface area contributed by atoms with Crippen LogP contribution in [0.1, 0.15) is 32.0 Å². The number of methoxy groups -OCH3 is 1. The van der Waals surface area contributed by atoms with E-state index in [-0.39, 0.29) is 17.3 Å². The number of aryl methyl sites for hydroxylation is 1. The summed E-state index contributed by atoms with van der Waals surface area (Å²) >= 11 is 6.43. The van der Waals surface area contributed by atoms with E-state index in [4.69, 9.17) is 11.6 Å². The molecule has 1 aromatic heterocycles.